The van der Waals surface area contributed by atoms with Crippen LogP contribution in [0.2, 0.25) is 0 Å². The molecule has 0 aromatic heterocycles. The quantitative estimate of drug-likeness (QED) is 0.116. The van der Waals surface area contributed by atoms with Gasteiger partial charge in [-0.15, -0.1) is 0 Å². The lowest BCUT2D eigenvalue weighted by atomic mass is 10.1. The first-order valence-corrected chi connectivity index (χ1v) is 13.7. The minimum Gasteiger partial charge on any atom is -0.493 e. The van der Waals surface area contributed by atoms with Gasteiger partial charge in [0, 0.05) is 18.7 Å². The molecule has 1 heterocycles. The van der Waals surface area contributed by atoms with E-state index in [-0.39, 0.29) is 18.2 Å². The highest BCUT2D eigenvalue weighted by Crippen LogP contribution is 2.36. The minimum atomic E-state index is -0.437. The summed E-state index contributed by atoms with van der Waals surface area (Å²) in [4.78, 5) is 31.0. The summed E-state index contributed by atoms with van der Waals surface area (Å²) in [5.41, 5.74) is 3.53. The van der Waals surface area contributed by atoms with Crippen LogP contribution in [0.25, 0.3) is 6.08 Å². The van der Waals surface area contributed by atoms with Crippen LogP contribution in [0.5, 0.6) is 11.5 Å². The number of nitro benzene ring substituents is 1. The van der Waals surface area contributed by atoms with Gasteiger partial charge in [0.25, 0.3) is 11.6 Å². The van der Waals surface area contributed by atoms with Crippen molar-refractivity contribution in [1.29, 1.82) is 0 Å². The Hall–Kier alpha value is -4.89. The molecule has 41 heavy (non-hydrogen) atoms. The number of rotatable bonds is 10. The van der Waals surface area contributed by atoms with E-state index in [9.17, 15) is 14.9 Å². The van der Waals surface area contributed by atoms with Crippen LogP contribution in [-0.2, 0) is 17.8 Å². The van der Waals surface area contributed by atoms with E-state index in [1.807, 2.05) is 66.7 Å². The highest BCUT2D eigenvalue weighted by molar-refractivity contribution is 8.18. The van der Waals surface area contributed by atoms with Crippen LogP contribution in [0.15, 0.2) is 113 Å². The van der Waals surface area contributed by atoms with Gasteiger partial charge in [-0.1, -0.05) is 54.6 Å². The Bertz CT molecular complexity index is 1590. The molecule has 1 aliphatic rings. The van der Waals surface area contributed by atoms with Crippen molar-refractivity contribution in [3.63, 3.8) is 0 Å². The van der Waals surface area contributed by atoms with E-state index >= 15 is 0 Å². The van der Waals surface area contributed by atoms with Gasteiger partial charge >= 0.3 is 0 Å². The third-order valence-electron chi connectivity index (χ3n) is 6.36. The second kappa shape index (κ2) is 13.0. The van der Waals surface area contributed by atoms with E-state index in [4.69, 9.17) is 14.5 Å². The second-order valence-electron chi connectivity index (χ2n) is 9.16. The van der Waals surface area contributed by atoms with E-state index < -0.39 is 4.92 Å². The third kappa shape index (κ3) is 7.01. The molecule has 0 radical (unpaired) electrons. The number of carbonyl (C=O) groups is 1. The number of methoxy groups -OCH3 is 1. The Kier molecular flexibility index (Phi) is 8.76. The molecule has 8 nitrogen and oxygen atoms in total. The summed E-state index contributed by atoms with van der Waals surface area (Å²) in [6, 6.07) is 31.3. The van der Waals surface area contributed by atoms with Gasteiger partial charge in [0.15, 0.2) is 16.7 Å². The van der Waals surface area contributed by atoms with Crippen LogP contribution in [-0.4, -0.2) is 34.6 Å². The molecule has 4 aromatic carbocycles. The molecular weight excluding hydrogens is 538 g/mol. The van der Waals surface area contributed by atoms with Gasteiger partial charge in [0.05, 0.1) is 22.6 Å². The maximum Gasteiger partial charge on any atom is 0.269 e. The smallest absolute Gasteiger partial charge is 0.269 e. The summed E-state index contributed by atoms with van der Waals surface area (Å²) in [5, 5.41) is 11.5. The van der Waals surface area contributed by atoms with Crippen molar-refractivity contribution in [2.45, 2.75) is 13.0 Å². The Morgan fingerprint density at radius 3 is 2.29 bits per heavy atom. The Morgan fingerprint density at radius 1 is 0.902 bits per heavy atom. The number of nitrogens with zero attached hydrogens (tertiary/aromatic N) is 3. The number of non-ortho nitro benzene ring substituents is 1. The summed E-state index contributed by atoms with van der Waals surface area (Å²) in [5.74, 6) is 0.933. The zero-order valence-corrected chi connectivity index (χ0v) is 23.1. The van der Waals surface area contributed by atoms with E-state index in [2.05, 4.69) is 12.1 Å². The molecule has 1 fully saturated rings. The van der Waals surface area contributed by atoms with Gasteiger partial charge in [-0.3, -0.25) is 19.8 Å². The number of para-hydroxylation sites is 1. The molecular formula is C32H27N3O5S. The van der Waals surface area contributed by atoms with Crippen molar-refractivity contribution in [1.82, 2.24) is 4.90 Å². The van der Waals surface area contributed by atoms with Crippen molar-refractivity contribution < 1.29 is 19.2 Å². The zero-order chi connectivity index (χ0) is 28.6. The van der Waals surface area contributed by atoms with Crippen LogP contribution in [0.3, 0.4) is 0 Å². The van der Waals surface area contributed by atoms with Crippen LogP contribution >= 0.6 is 11.8 Å². The Morgan fingerprint density at radius 2 is 1.61 bits per heavy atom. The number of thioether (sulfide) groups is 1. The molecule has 1 saturated heterocycles. The average molecular weight is 566 g/mol. The highest BCUT2D eigenvalue weighted by atomic mass is 32.2. The Labute approximate surface area is 242 Å². The third-order valence-corrected chi connectivity index (χ3v) is 7.37. The number of nitro groups is 1. The minimum absolute atomic E-state index is 0.0265. The van der Waals surface area contributed by atoms with Gasteiger partial charge in [-0.2, -0.15) is 0 Å². The van der Waals surface area contributed by atoms with E-state index in [0.717, 1.165) is 22.4 Å². The predicted octanol–water partition coefficient (Wildman–Crippen LogP) is 7.03. The highest BCUT2D eigenvalue weighted by Gasteiger charge is 2.33. The van der Waals surface area contributed by atoms with Crippen LogP contribution in [0.1, 0.15) is 16.7 Å². The number of hydrogen-bond acceptors (Lipinski definition) is 7. The van der Waals surface area contributed by atoms with Gasteiger partial charge in [-0.05, 0) is 77.3 Å². The van der Waals surface area contributed by atoms with Gasteiger partial charge < -0.3 is 9.47 Å². The summed E-state index contributed by atoms with van der Waals surface area (Å²) in [7, 11) is 1.55. The van der Waals surface area contributed by atoms with Gasteiger partial charge in [0.1, 0.15) is 6.61 Å². The maximum atomic E-state index is 13.5. The van der Waals surface area contributed by atoms with Crippen LogP contribution < -0.4 is 9.47 Å². The average Bonchev–Trinajstić information content (AvgIpc) is 3.29. The molecule has 5 rings (SSSR count). The molecule has 206 valence electrons. The molecule has 1 aliphatic heterocycles. The van der Waals surface area contributed by atoms with E-state index in [1.54, 1.807) is 30.2 Å². The summed E-state index contributed by atoms with van der Waals surface area (Å²) >= 11 is 1.35. The number of ether oxygens (including phenoxy) is 2. The van der Waals surface area contributed by atoms with Crippen molar-refractivity contribution in [3.8, 4) is 11.5 Å². The molecule has 0 saturated carbocycles. The molecule has 0 aliphatic carbocycles. The molecule has 4 aromatic rings. The number of benzene rings is 4. The fourth-order valence-corrected chi connectivity index (χ4v) is 5.23. The molecule has 1 amide bonds. The number of carbonyl (C=O) groups excluding carboxylic acids is 1. The first-order chi connectivity index (χ1) is 20.0. The lowest BCUT2D eigenvalue weighted by molar-refractivity contribution is -0.384. The largest absolute Gasteiger partial charge is 0.493 e. The maximum absolute atomic E-state index is 13.5. The lowest BCUT2D eigenvalue weighted by Crippen LogP contribution is -2.31. The van der Waals surface area contributed by atoms with Crippen molar-refractivity contribution in [2.75, 3.05) is 13.7 Å². The first-order valence-electron chi connectivity index (χ1n) is 12.9. The van der Waals surface area contributed by atoms with E-state index in [1.165, 1.54) is 23.9 Å². The number of amides is 1. The predicted molar refractivity (Wildman–Crippen MR) is 161 cm³/mol. The number of amidine groups is 1. The van der Waals surface area contributed by atoms with Crippen molar-refractivity contribution >= 4 is 40.3 Å². The second-order valence-corrected chi connectivity index (χ2v) is 10.2. The van der Waals surface area contributed by atoms with E-state index in [0.29, 0.717) is 34.5 Å². The first kappa shape index (κ1) is 27.7. The normalized spacial score (nSPS) is 15.0. The van der Waals surface area contributed by atoms with Crippen molar-refractivity contribution in [3.05, 3.63) is 135 Å². The molecule has 0 unspecified atom stereocenters. The SMILES string of the molecule is COc1cc(/C=C2/SC(=Nc3ccccc3)N(CCc3ccccc3)C2=O)ccc1OCc1ccc([N+](=O)[O-])cc1. The van der Waals surface area contributed by atoms with Crippen LogP contribution in [0, 0.1) is 10.1 Å². The molecule has 0 atom stereocenters. The van der Waals surface area contributed by atoms with Gasteiger partial charge in [-0.25, -0.2) is 4.99 Å². The summed E-state index contributed by atoms with van der Waals surface area (Å²) in [6.07, 6.45) is 2.54. The summed E-state index contributed by atoms with van der Waals surface area (Å²) < 4.78 is 11.5. The Balaban J connectivity index is 1.34. The molecule has 0 N–H and O–H groups in total. The topological polar surface area (TPSA) is 94.3 Å². The standard InChI is InChI=1S/C32H27N3O5S/c1-39-29-20-25(14-17-28(29)40-22-24-12-15-27(16-13-24)35(37)38)21-30-31(36)34(19-18-23-8-4-2-5-9-23)32(41-30)33-26-10-6-3-7-11-26/h2-17,20-21H,18-19,22H2,1H3/b30-21+,33-32?. The zero-order valence-electron chi connectivity index (χ0n) is 22.3. The fourth-order valence-electron chi connectivity index (χ4n) is 4.21. The number of hydrogen-bond donors (Lipinski definition) is 0. The summed E-state index contributed by atoms with van der Waals surface area (Å²) in [6.45, 7) is 0.733. The fraction of sp³-hybridized carbons (Fsp3) is 0.125. The van der Waals surface area contributed by atoms with Crippen LogP contribution in [0.4, 0.5) is 11.4 Å². The lowest BCUT2D eigenvalue weighted by Gasteiger charge is -2.15. The molecule has 9 heteroatoms. The number of aliphatic imine (C=N–C) groups is 1. The van der Waals surface area contributed by atoms with Gasteiger partial charge in [0.2, 0.25) is 0 Å². The molecule has 0 bridgehead atoms. The monoisotopic (exact) mass is 565 g/mol. The van der Waals surface area contributed by atoms with Crippen molar-refractivity contribution in [2.24, 2.45) is 4.99 Å². The molecule has 0 spiro atoms.